The van der Waals surface area contributed by atoms with Gasteiger partial charge in [-0.1, -0.05) is 12.1 Å². The molecular formula is C14H12N4O2. The van der Waals surface area contributed by atoms with Crippen molar-refractivity contribution in [3.05, 3.63) is 42.0 Å². The molecule has 0 amide bonds. The van der Waals surface area contributed by atoms with Gasteiger partial charge in [0, 0.05) is 0 Å². The van der Waals surface area contributed by atoms with Gasteiger partial charge in [0.1, 0.15) is 18.7 Å². The number of aromatic nitrogens is 2. The highest BCUT2D eigenvalue weighted by molar-refractivity contribution is 5.39. The molecule has 2 rings (SSSR count). The second kappa shape index (κ2) is 6.26. The maximum Gasteiger partial charge on any atom is 0.176 e. The van der Waals surface area contributed by atoms with Crippen LogP contribution >= 0.6 is 0 Å². The molecule has 20 heavy (non-hydrogen) atoms. The van der Waals surface area contributed by atoms with Crippen LogP contribution in [0.25, 0.3) is 0 Å². The number of hydrogen-bond donors (Lipinski definition) is 0. The van der Waals surface area contributed by atoms with E-state index >= 15 is 0 Å². The van der Waals surface area contributed by atoms with E-state index < -0.39 is 0 Å². The molecule has 0 radical (unpaired) electrons. The van der Waals surface area contributed by atoms with Crippen molar-refractivity contribution in [1.29, 1.82) is 10.5 Å². The lowest BCUT2D eigenvalue weighted by atomic mass is 10.3. The highest BCUT2D eigenvalue weighted by atomic mass is 16.5. The second-order valence-electron chi connectivity index (χ2n) is 3.86. The van der Waals surface area contributed by atoms with Crippen LogP contribution in [0.4, 0.5) is 0 Å². The Balaban J connectivity index is 2.02. The van der Waals surface area contributed by atoms with Crippen molar-refractivity contribution in [2.24, 2.45) is 0 Å². The van der Waals surface area contributed by atoms with E-state index in [9.17, 15) is 0 Å². The summed E-state index contributed by atoms with van der Waals surface area (Å²) in [5.41, 5.74) is 0.376. The van der Waals surface area contributed by atoms with Gasteiger partial charge >= 0.3 is 0 Å². The molecule has 0 aliphatic heterocycles. The van der Waals surface area contributed by atoms with E-state index in [1.807, 2.05) is 24.3 Å². The number of nitriles is 2. The van der Waals surface area contributed by atoms with Crippen molar-refractivity contribution < 1.29 is 9.47 Å². The van der Waals surface area contributed by atoms with Gasteiger partial charge in [-0.05, 0) is 12.1 Å². The largest absolute Gasteiger partial charge is 0.493 e. The fraction of sp³-hybridized carbons (Fsp3) is 0.214. The molecule has 1 heterocycles. The third-order valence-corrected chi connectivity index (χ3v) is 2.71. The van der Waals surface area contributed by atoms with Crippen molar-refractivity contribution in [3.63, 3.8) is 0 Å². The van der Waals surface area contributed by atoms with Crippen LogP contribution in [-0.4, -0.2) is 23.3 Å². The molecule has 6 heteroatoms. The fourth-order valence-corrected chi connectivity index (χ4v) is 1.74. The van der Waals surface area contributed by atoms with E-state index in [2.05, 4.69) is 4.98 Å². The number of ether oxygens (including phenoxy) is 2. The molecule has 1 aromatic carbocycles. The Morgan fingerprint density at radius 1 is 1.20 bits per heavy atom. The predicted octanol–water partition coefficient (Wildman–Crippen LogP) is 1.71. The van der Waals surface area contributed by atoms with Gasteiger partial charge in [-0.15, -0.1) is 0 Å². The average molecular weight is 268 g/mol. The van der Waals surface area contributed by atoms with Crippen LogP contribution in [0.3, 0.4) is 0 Å². The Labute approximate surface area is 116 Å². The maximum atomic E-state index is 9.00. The Morgan fingerprint density at radius 3 is 2.60 bits per heavy atom. The van der Waals surface area contributed by atoms with Gasteiger partial charge in [0.15, 0.2) is 22.9 Å². The van der Waals surface area contributed by atoms with E-state index in [0.717, 1.165) is 0 Å². The number of rotatable bonds is 5. The standard InChI is InChI=1S/C14H12N4O2/c1-19-13-4-2-3-5-14(13)20-7-6-18-10-17-11(8-15)12(18)9-16/h2-5,10H,6-7H2,1H3. The molecule has 2 aromatic rings. The summed E-state index contributed by atoms with van der Waals surface area (Å²) in [6.45, 7) is 0.770. The monoisotopic (exact) mass is 268 g/mol. The third kappa shape index (κ3) is 2.70. The summed E-state index contributed by atoms with van der Waals surface area (Å²) in [6.07, 6.45) is 1.46. The number of nitrogens with zero attached hydrogens (tertiary/aromatic N) is 4. The van der Waals surface area contributed by atoms with Crippen molar-refractivity contribution in [2.45, 2.75) is 6.54 Å². The van der Waals surface area contributed by atoms with Gasteiger partial charge in [-0.2, -0.15) is 10.5 Å². The Kier molecular flexibility index (Phi) is 4.21. The summed E-state index contributed by atoms with van der Waals surface area (Å²) in [7, 11) is 1.57. The van der Waals surface area contributed by atoms with Crippen molar-refractivity contribution in [1.82, 2.24) is 9.55 Å². The third-order valence-electron chi connectivity index (χ3n) is 2.71. The number of benzene rings is 1. The van der Waals surface area contributed by atoms with E-state index in [0.29, 0.717) is 24.7 Å². The van der Waals surface area contributed by atoms with Crippen molar-refractivity contribution in [3.8, 4) is 23.6 Å². The van der Waals surface area contributed by atoms with Gasteiger partial charge in [-0.3, -0.25) is 0 Å². The molecule has 100 valence electrons. The molecule has 0 unspecified atom stereocenters. The number of imidazole rings is 1. The van der Waals surface area contributed by atoms with E-state index in [1.54, 1.807) is 23.8 Å². The highest BCUT2D eigenvalue weighted by Crippen LogP contribution is 2.25. The normalized spacial score (nSPS) is 9.55. The van der Waals surface area contributed by atoms with Crippen LogP contribution in [-0.2, 0) is 6.54 Å². The molecule has 0 aliphatic carbocycles. The molecule has 0 saturated heterocycles. The highest BCUT2D eigenvalue weighted by Gasteiger charge is 2.10. The first-order chi connectivity index (χ1) is 9.80. The lowest BCUT2D eigenvalue weighted by molar-refractivity contribution is 0.279. The SMILES string of the molecule is COc1ccccc1OCCn1cnc(C#N)c1C#N. The lowest BCUT2D eigenvalue weighted by Crippen LogP contribution is -2.09. The van der Waals surface area contributed by atoms with Crippen LogP contribution in [0.2, 0.25) is 0 Å². The van der Waals surface area contributed by atoms with Crippen LogP contribution in [0.5, 0.6) is 11.5 Å². The molecule has 6 nitrogen and oxygen atoms in total. The van der Waals surface area contributed by atoms with Gasteiger partial charge in [-0.25, -0.2) is 4.98 Å². The summed E-state index contributed by atoms with van der Waals surface area (Å²) in [4.78, 5) is 3.86. The maximum absolute atomic E-state index is 9.00. The molecule has 0 atom stereocenters. The molecule has 0 bridgehead atoms. The first-order valence-electron chi connectivity index (χ1n) is 5.91. The van der Waals surface area contributed by atoms with Crippen molar-refractivity contribution in [2.75, 3.05) is 13.7 Å². The van der Waals surface area contributed by atoms with Crippen LogP contribution in [0.15, 0.2) is 30.6 Å². The summed E-state index contributed by atoms with van der Waals surface area (Å²) in [5, 5.41) is 17.8. The Bertz CT molecular complexity index is 679. The second-order valence-corrected chi connectivity index (χ2v) is 3.86. The Morgan fingerprint density at radius 2 is 1.95 bits per heavy atom. The van der Waals surface area contributed by atoms with Crippen LogP contribution in [0.1, 0.15) is 11.4 Å². The number of hydrogen-bond acceptors (Lipinski definition) is 5. The zero-order valence-electron chi connectivity index (χ0n) is 10.9. The Hall–Kier alpha value is -2.99. The minimum absolute atomic E-state index is 0.129. The van der Waals surface area contributed by atoms with Gasteiger partial charge < -0.3 is 14.0 Å². The summed E-state index contributed by atoms with van der Waals surface area (Å²) >= 11 is 0. The van der Waals surface area contributed by atoms with E-state index in [1.165, 1.54) is 6.33 Å². The molecule has 0 fully saturated rings. The van der Waals surface area contributed by atoms with Gasteiger partial charge in [0.2, 0.25) is 0 Å². The van der Waals surface area contributed by atoms with E-state index in [-0.39, 0.29) is 11.4 Å². The first-order valence-corrected chi connectivity index (χ1v) is 5.91. The van der Waals surface area contributed by atoms with Gasteiger partial charge in [0.25, 0.3) is 0 Å². The quantitative estimate of drug-likeness (QED) is 0.824. The number of para-hydroxylation sites is 2. The zero-order valence-corrected chi connectivity index (χ0v) is 10.9. The summed E-state index contributed by atoms with van der Waals surface area (Å²) in [6, 6.07) is 11.2. The lowest BCUT2D eigenvalue weighted by Gasteiger charge is -2.10. The minimum Gasteiger partial charge on any atom is -0.493 e. The molecular weight excluding hydrogens is 256 g/mol. The zero-order chi connectivity index (χ0) is 14.4. The minimum atomic E-state index is 0.129. The summed E-state index contributed by atoms with van der Waals surface area (Å²) < 4.78 is 12.4. The molecule has 0 spiro atoms. The molecule has 0 N–H and O–H groups in total. The molecule has 0 aliphatic rings. The number of methoxy groups -OCH3 is 1. The van der Waals surface area contributed by atoms with Crippen molar-refractivity contribution >= 4 is 0 Å². The summed E-state index contributed by atoms with van der Waals surface area (Å²) in [5.74, 6) is 1.28. The average Bonchev–Trinajstić information content (AvgIpc) is 2.89. The van der Waals surface area contributed by atoms with Crippen LogP contribution in [0, 0.1) is 22.7 Å². The molecule has 1 aromatic heterocycles. The van der Waals surface area contributed by atoms with Gasteiger partial charge in [0.05, 0.1) is 20.0 Å². The van der Waals surface area contributed by atoms with Crippen LogP contribution < -0.4 is 9.47 Å². The fourth-order valence-electron chi connectivity index (χ4n) is 1.74. The first kappa shape index (κ1) is 13.4. The molecule has 0 saturated carbocycles. The smallest absolute Gasteiger partial charge is 0.176 e. The van der Waals surface area contributed by atoms with E-state index in [4.69, 9.17) is 20.0 Å². The predicted molar refractivity (Wildman–Crippen MR) is 70.1 cm³/mol. The topological polar surface area (TPSA) is 83.9 Å².